The smallest absolute Gasteiger partial charge is 0.342 e. The standard InChI is InChI=1S/C18H13I3O6/c1-2-9-3-4-13(22)10(7-9)18(25)27-6-5-26-16-12(20)8-11(19)14(15(16)21)17(23)24/h2-4,7-8,22H,1,5-6H2,(H,23,24). The van der Waals surface area contributed by atoms with Gasteiger partial charge in [-0.1, -0.05) is 18.7 Å². The highest BCUT2D eigenvalue weighted by molar-refractivity contribution is 14.1. The molecule has 0 aliphatic carbocycles. The third-order valence-electron chi connectivity index (χ3n) is 3.38. The van der Waals surface area contributed by atoms with E-state index < -0.39 is 11.9 Å². The number of benzene rings is 2. The van der Waals surface area contributed by atoms with Crippen LogP contribution in [-0.2, 0) is 4.74 Å². The molecule has 0 amide bonds. The maximum Gasteiger partial charge on any atom is 0.342 e. The van der Waals surface area contributed by atoms with E-state index in [4.69, 9.17) is 9.47 Å². The van der Waals surface area contributed by atoms with Crippen LogP contribution in [-0.4, -0.2) is 35.4 Å². The minimum atomic E-state index is -1.03. The second kappa shape index (κ2) is 9.91. The molecule has 27 heavy (non-hydrogen) atoms. The summed E-state index contributed by atoms with van der Waals surface area (Å²) in [7, 11) is 0. The molecule has 0 spiro atoms. The van der Waals surface area contributed by atoms with Gasteiger partial charge < -0.3 is 19.7 Å². The van der Waals surface area contributed by atoms with Gasteiger partial charge in [0.15, 0.2) is 0 Å². The van der Waals surface area contributed by atoms with Gasteiger partial charge in [0.25, 0.3) is 0 Å². The Hall–Kier alpha value is -1.09. The number of carbonyl (C=O) groups excluding carboxylic acids is 1. The van der Waals surface area contributed by atoms with Crippen LogP contribution >= 0.6 is 67.8 Å². The largest absolute Gasteiger partial charge is 0.507 e. The van der Waals surface area contributed by atoms with Crippen molar-refractivity contribution in [3.8, 4) is 11.5 Å². The summed E-state index contributed by atoms with van der Waals surface area (Å²) in [6.07, 6.45) is 1.56. The van der Waals surface area contributed by atoms with Crippen molar-refractivity contribution in [3.05, 3.63) is 58.2 Å². The van der Waals surface area contributed by atoms with Gasteiger partial charge in [-0.3, -0.25) is 0 Å². The Bertz CT molecular complexity index is 910. The summed E-state index contributed by atoms with van der Waals surface area (Å²) in [4.78, 5) is 23.5. The van der Waals surface area contributed by atoms with Gasteiger partial charge in [-0.25, -0.2) is 9.59 Å². The first kappa shape index (κ1) is 22.2. The van der Waals surface area contributed by atoms with Gasteiger partial charge in [0, 0.05) is 3.57 Å². The summed E-state index contributed by atoms with van der Waals surface area (Å²) in [6.45, 7) is 3.60. The Morgan fingerprint density at radius 2 is 1.81 bits per heavy atom. The van der Waals surface area contributed by atoms with Crippen molar-refractivity contribution in [3.63, 3.8) is 0 Å². The molecule has 2 aromatic rings. The average Bonchev–Trinajstić information content (AvgIpc) is 2.60. The van der Waals surface area contributed by atoms with Crippen LogP contribution in [0.5, 0.6) is 11.5 Å². The van der Waals surface area contributed by atoms with Crippen molar-refractivity contribution >= 4 is 85.8 Å². The van der Waals surface area contributed by atoms with Crippen molar-refractivity contribution in [1.29, 1.82) is 0 Å². The third kappa shape index (κ3) is 5.47. The second-order valence-electron chi connectivity index (χ2n) is 5.13. The number of hydrogen-bond donors (Lipinski definition) is 2. The molecule has 0 bridgehead atoms. The molecule has 0 fully saturated rings. The minimum Gasteiger partial charge on any atom is -0.507 e. The number of phenols is 1. The van der Waals surface area contributed by atoms with Gasteiger partial charge in [0.2, 0.25) is 0 Å². The fraction of sp³-hybridized carbons (Fsp3) is 0.111. The summed E-state index contributed by atoms with van der Waals surface area (Å²) in [6, 6.07) is 6.22. The number of esters is 1. The molecule has 9 heteroatoms. The third-order valence-corrected chi connectivity index (χ3v) is 6.06. The van der Waals surface area contributed by atoms with Crippen LogP contribution < -0.4 is 4.74 Å². The molecule has 0 aliphatic rings. The van der Waals surface area contributed by atoms with Crippen LogP contribution in [0.2, 0.25) is 0 Å². The molecular formula is C18H13I3O6. The Balaban J connectivity index is 2.04. The second-order valence-corrected chi connectivity index (χ2v) is 8.53. The highest BCUT2D eigenvalue weighted by Gasteiger charge is 2.20. The molecule has 0 saturated heterocycles. The van der Waals surface area contributed by atoms with Crippen molar-refractivity contribution < 1.29 is 29.3 Å². The van der Waals surface area contributed by atoms with Crippen molar-refractivity contribution in [2.75, 3.05) is 13.2 Å². The lowest BCUT2D eigenvalue weighted by molar-refractivity contribution is 0.0446. The van der Waals surface area contributed by atoms with Gasteiger partial charge in [0.1, 0.15) is 30.3 Å². The number of aromatic hydroxyl groups is 1. The topological polar surface area (TPSA) is 93.1 Å². The molecule has 142 valence electrons. The lowest BCUT2D eigenvalue weighted by Gasteiger charge is -2.14. The maximum atomic E-state index is 12.1. The number of carbonyl (C=O) groups is 2. The van der Waals surface area contributed by atoms with Gasteiger partial charge in [-0.05, 0) is 91.5 Å². The fourth-order valence-electron chi connectivity index (χ4n) is 2.10. The molecule has 2 rings (SSSR count). The van der Waals surface area contributed by atoms with E-state index in [0.29, 0.717) is 18.5 Å². The van der Waals surface area contributed by atoms with Crippen LogP contribution in [0, 0.1) is 10.7 Å². The van der Waals surface area contributed by atoms with Gasteiger partial charge >= 0.3 is 11.9 Å². The summed E-state index contributed by atoms with van der Waals surface area (Å²) in [5.74, 6) is -1.46. The Morgan fingerprint density at radius 3 is 2.44 bits per heavy atom. The van der Waals surface area contributed by atoms with E-state index in [0.717, 1.165) is 3.57 Å². The van der Waals surface area contributed by atoms with E-state index in [1.54, 1.807) is 18.2 Å². The zero-order valence-electron chi connectivity index (χ0n) is 13.7. The first-order valence-electron chi connectivity index (χ1n) is 7.42. The highest BCUT2D eigenvalue weighted by Crippen LogP contribution is 2.33. The van der Waals surface area contributed by atoms with Crippen molar-refractivity contribution in [1.82, 2.24) is 0 Å². The number of halogens is 3. The molecule has 0 unspecified atom stereocenters. The zero-order chi connectivity index (χ0) is 20.1. The Labute approximate surface area is 196 Å². The first-order valence-corrected chi connectivity index (χ1v) is 10.7. The normalized spacial score (nSPS) is 10.3. The van der Waals surface area contributed by atoms with E-state index >= 15 is 0 Å². The van der Waals surface area contributed by atoms with E-state index in [-0.39, 0.29) is 30.1 Å². The zero-order valence-corrected chi connectivity index (χ0v) is 20.1. The number of hydrogen-bond acceptors (Lipinski definition) is 5. The monoisotopic (exact) mass is 706 g/mol. The molecule has 0 radical (unpaired) electrons. The number of ether oxygens (including phenoxy) is 2. The number of carboxylic acid groups (broad SMARTS) is 1. The lowest BCUT2D eigenvalue weighted by Crippen LogP contribution is -2.14. The highest BCUT2D eigenvalue weighted by atomic mass is 127. The van der Waals surface area contributed by atoms with Crippen LogP contribution in [0.3, 0.4) is 0 Å². The number of carboxylic acids is 1. The Morgan fingerprint density at radius 1 is 1.11 bits per heavy atom. The minimum absolute atomic E-state index is 0.0407. The molecule has 0 saturated carbocycles. The first-order chi connectivity index (χ1) is 12.8. The predicted octanol–water partition coefficient (Wildman–Crippen LogP) is 4.78. The van der Waals surface area contributed by atoms with Crippen LogP contribution in [0.15, 0.2) is 30.8 Å². The maximum absolute atomic E-state index is 12.1. The lowest BCUT2D eigenvalue weighted by atomic mass is 10.1. The summed E-state index contributed by atoms with van der Waals surface area (Å²) < 4.78 is 12.6. The predicted molar refractivity (Wildman–Crippen MR) is 126 cm³/mol. The van der Waals surface area contributed by atoms with Crippen molar-refractivity contribution in [2.24, 2.45) is 0 Å². The molecule has 2 N–H and O–H groups in total. The van der Waals surface area contributed by atoms with Gasteiger partial charge in [-0.15, -0.1) is 0 Å². The van der Waals surface area contributed by atoms with Gasteiger partial charge in [-0.2, -0.15) is 0 Å². The molecule has 2 aromatic carbocycles. The molecular weight excluding hydrogens is 693 g/mol. The number of rotatable bonds is 7. The van der Waals surface area contributed by atoms with Crippen LogP contribution in [0.25, 0.3) is 6.08 Å². The van der Waals surface area contributed by atoms with E-state index in [2.05, 4.69) is 29.2 Å². The molecule has 0 heterocycles. The summed E-state index contributed by atoms with van der Waals surface area (Å²) >= 11 is 5.96. The summed E-state index contributed by atoms with van der Waals surface area (Å²) in [5.41, 5.74) is 0.897. The molecule has 0 atom stereocenters. The summed E-state index contributed by atoms with van der Waals surface area (Å²) in [5, 5.41) is 19.1. The van der Waals surface area contributed by atoms with Gasteiger partial charge in [0.05, 0.1) is 12.7 Å². The number of phenolic OH excluding ortho intramolecular Hbond substituents is 1. The van der Waals surface area contributed by atoms with E-state index in [9.17, 15) is 19.8 Å². The quantitative estimate of drug-likeness (QED) is 0.245. The Kier molecular flexibility index (Phi) is 8.15. The number of aromatic carboxylic acids is 1. The van der Waals surface area contributed by atoms with Crippen molar-refractivity contribution in [2.45, 2.75) is 0 Å². The molecule has 0 aromatic heterocycles. The van der Waals surface area contributed by atoms with E-state index in [1.807, 2.05) is 45.2 Å². The van der Waals surface area contributed by atoms with E-state index in [1.165, 1.54) is 12.1 Å². The molecule has 6 nitrogen and oxygen atoms in total. The van der Waals surface area contributed by atoms with Crippen LogP contribution in [0.4, 0.5) is 0 Å². The molecule has 0 aliphatic heterocycles. The SMILES string of the molecule is C=Cc1ccc(O)c(C(=O)OCCOc2c(I)cc(I)c(C(=O)O)c2I)c1. The fourth-order valence-corrected chi connectivity index (χ4v) is 6.24. The average molecular weight is 706 g/mol. The van der Waals surface area contributed by atoms with Crippen LogP contribution in [0.1, 0.15) is 26.3 Å².